The first-order valence-corrected chi connectivity index (χ1v) is 7.78. The maximum absolute atomic E-state index is 12.3. The molecule has 1 aliphatic rings. The monoisotopic (exact) mass is 354 g/mol. The Labute approximate surface area is 141 Å². The molecule has 3 rings (SSSR count). The molecule has 0 aromatic carbocycles. The van der Waals surface area contributed by atoms with E-state index in [-0.39, 0.29) is 11.5 Å². The Morgan fingerprint density at radius 3 is 2.68 bits per heavy atom. The van der Waals surface area contributed by atoms with E-state index in [1.165, 1.54) is 15.6 Å². The minimum absolute atomic E-state index is 0.0229. The van der Waals surface area contributed by atoms with Gasteiger partial charge in [-0.2, -0.15) is 18.3 Å². The van der Waals surface area contributed by atoms with Crippen LogP contribution in [0.25, 0.3) is 11.3 Å². The third-order valence-corrected chi connectivity index (χ3v) is 4.10. The van der Waals surface area contributed by atoms with Crippen LogP contribution in [0.15, 0.2) is 41.5 Å². The SMILES string of the molecule is O=c1ccc(-c2cccnc2)nn1CC1CN(CC(O)C(F)(F)F)C1. The number of pyridine rings is 1. The summed E-state index contributed by atoms with van der Waals surface area (Å²) in [7, 11) is 0. The van der Waals surface area contributed by atoms with Gasteiger partial charge in [-0.25, -0.2) is 4.68 Å². The van der Waals surface area contributed by atoms with Crippen molar-refractivity contribution in [3.05, 3.63) is 47.0 Å². The standard InChI is InChI=1S/C16H17F3N4O2/c17-16(18,19)14(24)10-22-7-11(8-22)9-23-15(25)4-3-13(21-23)12-2-1-5-20-6-12/h1-6,11,14,24H,7-10H2. The molecular weight excluding hydrogens is 337 g/mol. The molecule has 0 bridgehead atoms. The molecule has 0 amide bonds. The summed E-state index contributed by atoms with van der Waals surface area (Å²) < 4.78 is 38.3. The summed E-state index contributed by atoms with van der Waals surface area (Å²) in [5, 5.41) is 13.4. The number of likely N-dealkylation sites (tertiary alicyclic amines) is 1. The Balaban J connectivity index is 1.61. The molecule has 1 fully saturated rings. The van der Waals surface area contributed by atoms with Crippen LogP contribution >= 0.6 is 0 Å². The van der Waals surface area contributed by atoms with E-state index in [0.717, 1.165) is 5.56 Å². The van der Waals surface area contributed by atoms with Gasteiger partial charge >= 0.3 is 6.18 Å². The van der Waals surface area contributed by atoms with Crippen molar-refractivity contribution in [2.75, 3.05) is 19.6 Å². The molecule has 0 aliphatic carbocycles. The quantitative estimate of drug-likeness (QED) is 0.873. The molecule has 0 radical (unpaired) electrons. The van der Waals surface area contributed by atoms with Crippen LogP contribution in [0.4, 0.5) is 13.2 Å². The Bertz CT molecular complexity index is 773. The summed E-state index contributed by atoms with van der Waals surface area (Å²) in [5.41, 5.74) is 1.12. The maximum atomic E-state index is 12.3. The molecule has 1 saturated heterocycles. The van der Waals surface area contributed by atoms with E-state index >= 15 is 0 Å². The van der Waals surface area contributed by atoms with Crippen molar-refractivity contribution in [3.63, 3.8) is 0 Å². The van der Waals surface area contributed by atoms with Gasteiger partial charge in [-0.15, -0.1) is 0 Å². The van der Waals surface area contributed by atoms with Crippen molar-refractivity contribution in [2.45, 2.75) is 18.8 Å². The van der Waals surface area contributed by atoms with E-state index in [9.17, 15) is 18.0 Å². The number of aliphatic hydroxyl groups excluding tert-OH is 1. The van der Waals surface area contributed by atoms with E-state index in [0.29, 0.717) is 25.3 Å². The maximum Gasteiger partial charge on any atom is 0.415 e. The molecule has 25 heavy (non-hydrogen) atoms. The zero-order valence-electron chi connectivity index (χ0n) is 13.2. The third-order valence-electron chi connectivity index (χ3n) is 4.10. The van der Waals surface area contributed by atoms with Crippen LogP contribution in [0.5, 0.6) is 0 Å². The minimum atomic E-state index is -4.61. The smallest absolute Gasteiger partial charge is 0.382 e. The third kappa shape index (κ3) is 4.23. The number of nitrogens with zero attached hydrogens (tertiary/aromatic N) is 4. The lowest BCUT2D eigenvalue weighted by Gasteiger charge is -2.40. The fourth-order valence-electron chi connectivity index (χ4n) is 2.78. The highest BCUT2D eigenvalue weighted by molar-refractivity contribution is 5.56. The minimum Gasteiger partial charge on any atom is -0.382 e. The van der Waals surface area contributed by atoms with Crippen molar-refractivity contribution in [1.29, 1.82) is 0 Å². The summed E-state index contributed by atoms with van der Waals surface area (Å²) >= 11 is 0. The average Bonchev–Trinajstić information content (AvgIpc) is 2.54. The first kappa shape index (κ1) is 17.6. The molecule has 3 heterocycles. The highest BCUT2D eigenvalue weighted by Gasteiger charge is 2.41. The molecule has 1 unspecified atom stereocenters. The van der Waals surface area contributed by atoms with Crippen molar-refractivity contribution in [1.82, 2.24) is 19.7 Å². The van der Waals surface area contributed by atoms with E-state index in [2.05, 4.69) is 10.1 Å². The van der Waals surface area contributed by atoms with Crippen molar-refractivity contribution in [3.8, 4) is 11.3 Å². The summed E-state index contributed by atoms with van der Waals surface area (Å²) in [4.78, 5) is 17.5. The Kier molecular flexibility index (Phi) is 4.87. The first-order chi connectivity index (χ1) is 11.8. The lowest BCUT2D eigenvalue weighted by molar-refractivity contribution is -0.211. The predicted octanol–water partition coefficient (Wildman–Crippen LogP) is 1.16. The number of aliphatic hydroxyl groups is 1. The van der Waals surface area contributed by atoms with Gasteiger partial charge in [0, 0.05) is 49.6 Å². The number of halogens is 3. The van der Waals surface area contributed by atoms with Gasteiger partial charge in [0.15, 0.2) is 6.10 Å². The second-order valence-electron chi connectivity index (χ2n) is 6.12. The molecule has 1 atom stereocenters. The number of aromatic nitrogens is 3. The fraction of sp³-hybridized carbons (Fsp3) is 0.438. The van der Waals surface area contributed by atoms with Gasteiger partial charge in [-0.05, 0) is 18.2 Å². The van der Waals surface area contributed by atoms with Crippen LogP contribution in [0.1, 0.15) is 0 Å². The summed E-state index contributed by atoms with van der Waals surface area (Å²) in [6.45, 7) is 0.653. The highest BCUT2D eigenvalue weighted by Crippen LogP contribution is 2.24. The van der Waals surface area contributed by atoms with Crippen LogP contribution in [0.2, 0.25) is 0 Å². The Morgan fingerprint density at radius 2 is 2.04 bits per heavy atom. The molecule has 2 aromatic heterocycles. The molecule has 134 valence electrons. The van der Waals surface area contributed by atoms with Crippen molar-refractivity contribution in [2.24, 2.45) is 5.92 Å². The van der Waals surface area contributed by atoms with Crippen LogP contribution in [-0.4, -0.2) is 56.7 Å². The van der Waals surface area contributed by atoms with Gasteiger partial charge in [0.2, 0.25) is 0 Å². The van der Waals surface area contributed by atoms with E-state index in [1.807, 2.05) is 6.07 Å². The van der Waals surface area contributed by atoms with Gasteiger partial charge in [-0.1, -0.05) is 0 Å². The number of rotatable bonds is 5. The summed E-state index contributed by atoms with van der Waals surface area (Å²) in [5.74, 6) is 0.0229. The van der Waals surface area contributed by atoms with Gasteiger partial charge in [0.05, 0.1) is 12.2 Å². The zero-order valence-corrected chi connectivity index (χ0v) is 13.2. The summed E-state index contributed by atoms with van der Waals surface area (Å²) in [6.07, 6.45) is -3.68. The largest absolute Gasteiger partial charge is 0.415 e. The lowest BCUT2D eigenvalue weighted by atomic mass is 9.99. The second kappa shape index (κ2) is 6.93. The fourth-order valence-corrected chi connectivity index (χ4v) is 2.78. The van der Waals surface area contributed by atoms with E-state index in [1.54, 1.807) is 24.5 Å². The molecule has 0 spiro atoms. The Hall–Kier alpha value is -2.26. The van der Waals surface area contributed by atoms with Gasteiger partial charge in [-0.3, -0.25) is 14.7 Å². The molecular formula is C16H17F3N4O2. The average molecular weight is 354 g/mol. The molecule has 9 heteroatoms. The van der Waals surface area contributed by atoms with Gasteiger partial charge in [0.25, 0.3) is 5.56 Å². The molecule has 0 saturated carbocycles. The first-order valence-electron chi connectivity index (χ1n) is 7.78. The van der Waals surface area contributed by atoms with Crippen molar-refractivity contribution >= 4 is 0 Å². The summed E-state index contributed by atoms with van der Waals surface area (Å²) in [6, 6.07) is 6.62. The molecule has 2 aromatic rings. The van der Waals surface area contributed by atoms with Crippen LogP contribution in [-0.2, 0) is 6.54 Å². The zero-order chi connectivity index (χ0) is 18.0. The van der Waals surface area contributed by atoms with E-state index in [4.69, 9.17) is 5.11 Å². The van der Waals surface area contributed by atoms with Crippen molar-refractivity contribution < 1.29 is 18.3 Å². The molecule has 1 aliphatic heterocycles. The van der Waals surface area contributed by atoms with E-state index < -0.39 is 18.8 Å². The highest BCUT2D eigenvalue weighted by atomic mass is 19.4. The lowest BCUT2D eigenvalue weighted by Crippen LogP contribution is -2.54. The Morgan fingerprint density at radius 1 is 1.28 bits per heavy atom. The second-order valence-corrected chi connectivity index (χ2v) is 6.12. The number of alkyl halides is 3. The molecule has 6 nitrogen and oxygen atoms in total. The molecule has 1 N–H and O–H groups in total. The van der Waals surface area contributed by atoms with Crippen LogP contribution < -0.4 is 5.56 Å². The van der Waals surface area contributed by atoms with Gasteiger partial charge in [0.1, 0.15) is 0 Å². The number of β-amino-alcohol motifs (C(OH)–C–C–N with tert-alkyl or cyclic N) is 1. The van der Waals surface area contributed by atoms with Crippen LogP contribution in [0, 0.1) is 5.92 Å². The number of hydrogen-bond acceptors (Lipinski definition) is 5. The normalized spacial score (nSPS) is 17.3. The van der Waals surface area contributed by atoms with Gasteiger partial charge < -0.3 is 5.11 Å². The van der Waals surface area contributed by atoms with Crippen LogP contribution in [0.3, 0.4) is 0 Å². The topological polar surface area (TPSA) is 71.2 Å². The predicted molar refractivity (Wildman–Crippen MR) is 83.7 cm³/mol. The number of hydrogen-bond donors (Lipinski definition) is 1.